The molecule has 6 rings (SSSR count). The number of nitrogens with zero attached hydrogens (tertiary/aromatic N) is 3. The summed E-state index contributed by atoms with van der Waals surface area (Å²) in [5, 5.41) is 14.2. The number of carbonyl (C=O) groups excluding carboxylic acids is 2. The molecule has 3 heterocycles. The molecule has 176 valence electrons. The lowest BCUT2D eigenvalue weighted by Crippen LogP contribution is -2.29. The van der Waals surface area contributed by atoms with Gasteiger partial charge in [0.05, 0.1) is 21.5 Å². The number of fused-ring (bicyclic) bond motifs is 2. The molecule has 1 aliphatic heterocycles. The summed E-state index contributed by atoms with van der Waals surface area (Å²) >= 11 is 7.57. The van der Waals surface area contributed by atoms with E-state index in [9.17, 15) is 14.7 Å². The molecule has 0 radical (unpaired) electrons. The second kappa shape index (κ2) is 8.55. The number of Topliss-reactive ketones (excluding diaryl/α,β-unsaturated/α-hetero) is 1. The van der Waals surface area contributed by atoms with E-state index in [1.165, 1.54) is 16.2 Å². The molecular weight excluding hydrogens is 494 g/mol. The van der Waals surface area contributed by atoms with Crippen LogP contribution in [0.3, 0.4) is 0 Å². The number of thiazole rings is 1. The molecule has 0 aliphatic carbocycles. The third-order valence-corrected chi connectivity index (χ3v) is 7.72. The molecule has 0 saturated carbocycles. The van der Waals surface area contributed by atoms with Crippen molar-refractivity contribution < 1.29 is 14.7 Å². The minimum absolute atomic E-state index is 0.0255. The summed E-state index contributed by atoms with van der Waals surface area (Å²) in [5.41, 5.74) is 2.38. The molecule has 5 aromatic rings. The number of benzene rings is 3. The van der Waals surface area contributed by atoms with Gasteiger partial charge < -0.3 is 5.11 Å². The molecule has 8 heteroatoms. The Labute approximate surface area is 215 Å². The maximum atomic E-state index is 13.4. The Kier molecular flexibility index (Phi) is 5.32. The number of anilines is 1. The zero-order valence-corrected chi connectivity index (χ0v) is 20.5. The first-order chi connectivity index (χ1) is 17.4. The molecule has 6 nitrogen and oxygen atoms in total. The summed E-state index contributed by atoms with van der Waals surface area (Å²) in [6.45, 7) is 1.89. The first kappa shape index (κ1) is 22.4. The molecule has 2 aromatic heterocycles. The van der Waals surface area contributed by atoms with E-state index in [1.807, 2.05) is 43.3 Å². The number of aromatic nitrogens is 2. The fraction of sp³-hybridized carbons (Fsp3) is 0.0714. The van der Waals surface area contributed by atoms with Crippen molar-refractivity contribution in [3.05, 3.63) is 106 Å². The molecule has 1 unspecified atom stereocenters. The topological polar surface area (TPSA) is 83.4 Å². The minimum atomic E-state index is -0.935. The number of hydrogen-bond donors (Lipinski definition) is 1. The number of pyridine rings is 1. The maximum absolute atomic E-state index is 13.4. The van der Waals surface area contributed by atoms with Gasteiger partial charge in [0, 0.05) is 16.8 Å². The zero-order valence-electron chi connectivity index (χ0n) is 19.0. The third kappa shape index (κ3) is 3.56. The lowest BCUT2D eigenvalue weighted by molar-refractivity contribution is -0.132. The number of amides is 1. The van der Waals surface area contributed by atoms with Crippen LogP contribution in [0.15, 0.2) is 84.6 Å². The molecule has 1 atom stereocenters. The highest BCUT2D eigenvalue weighted by atomic mass is 35.5. The number of aliphatic hydroxyl groups is 1. The average molecular weight is 512 g/mol. The lowest BCUT2D eigenvalue weighted by atomic mass is 9.97. The quantitative estimate of drug-likeness (QED) is 0.171. The number of aryl methyl sites for hydroxylation is 1. The molecule has 3 aromatic carbocycles. The minimum Gasteiger partial charge on any atom is -0.507 e. The van der Waals surface area contributed by atoms with Crippen LogP contribution >= 0.6 is 22.9 Å². The van der Waals surface area contributed by atoms with Gasteiger partial charge in [-0.3, -0.25) is 19.5 Å². The largest absolute Gasteiger partial charge is 0.507 e. The van der Waals surface area contributed by atoms with Crippen molar-refractivity contribution in [2.75, 3.05) is 4.90 Å². The number of hydrogen-bond acceptors (Lipinski definition) is 6. The highest BCUT2D eigenvalue weighted by Crippen LogP contribution is 2.44. The van der Waals surface area contributed by atoms with E-state index < -0.39 is 17.7 Å². The van der Waals surface area contributed by atoms with Gasteiger partial charge in [-0.15, -0.1) is 0 Å². The predicted octanol–water partition coefficient (Wildman–Crippen LogP) is 6.43. The monoisotopic (exact) mass is 511 g/mol. The molecule has 0 bridgehead atoms. The van der Waals surface area contributed by atoms with Crippen molar-refractivity contribution >= 4 is 66.5 Å². The van der Waals surface area contributed by atoms with Gasteiger partial charge in [0.1, 0.15) is 11.8 Å². The molecular formula is C28H18ClN3O3S. The van der Waals surface area contributed by atoms with Gasteiger partial charge >= 0.3 is 5.91 Å². The summed E-state index contributed by atoms with van der Waals surface area (Å²) in [5.74, 6) is -1.81. The molecule has 0 spiro atoms. The Morgan fingerprint density at radius 3 is 2.56 bits per heavy atom. The number of carbonyl (C=O) groups is 2. The number of aliphatic hydroxyl groups excluding tert-OH is 1. The van der Waals surface area contributed by atoms with Gasteiger partial charge in [0.25, 0.3) is 5.78 Å². The first-order valence-corrected chi connectivity index (χ1v) is 12.4. The summed E-state index contributed by atoms with van der Waals surface area (Å²) in [4.78, 5) is 37.2. The normalized spacial score (nSPS) is 17.4. The van der Waals surface area contributed by atoms with Crippen molar-refractivity contribution in [1.29, 1.82) is 0 Å². The summed E-state index contributed by atoms with van der Waals surface area (Å²) in [6, 6.07) is 21.1. The average Bonchev–Trinajstić information content (AvgIpc) is 3.41. The molecule has 1 fully saturated rings. The zero-order chi connectivity index (χ0) is 25.0. The van der Waals surface area contributed by atoms with Crippen LogP contribution in [0.4, 0.5) is 5.13 Å². The Morgan fingerprint density at radius 2 is 1.78 bits per heavy atom. The predicted molar refractivity (Wildman–Crippen MR) is 142 cm³/mol. The SMILES string of the molecule is Cc1cc2sc(N3C(=O)C(=O)/C(=C(/O)c4ccc5ccccc5c4)C3c3ccccn3)nc2cc1Cl. The highest BCUT2D eigenvalue weighted by Gasteiger charge is 2.48. The van der Waals surface area contributed by atoms with E-state index in [1.54, 1.807) is 42.6 Å². The van der Waals surface area contributed by atoms with Crippen LogP contribution in [-0.2, 0) is 9.59 Å². The van der Waals surface area contributed by atoms with Crippen molar-refractivity contribution in [3.8, 4) is 0 Å². The number of ketones is 1. The van der Waals surface area contributed by atoms with Crippen LogP contribution in [-0.4, -0.2) is 26.8 Å². The summed E-state index contributed by atoms with van der Waals surface area (Å²) < 4.78 is 0.836. The van der Waals surface area contributed by atoms with Crippen molar-refractivity contribution in [2.24, 2.45) is 0 Å². The Balaban J connectivity index is 1.56. The van der Waals surface area contributed by atoms with Crippen LogP contribution in [0.2, 0.25) is 5.02 Å². The Bertz CT molecular complexity index is 1690. The second-order valence-electron chi connectivity index (χ2n) is 8.55. The van der Waals surface area contributed by atoms with Crippen molar-refractivity contribution in [3.63, 3.8) is 0 Å². The summed E-state index contributed by atoms with van der Waals surface area (Å²) in [6.07, 6.45) is 1.59. The highest BCUT2D eigenvalue weighted by molar-refractivity contribution is 7.22. The van der Waals surface area contributed by atoms with Gasteiger partial charge in [0.2, 0.25) is 0 Å². The van der Waals surface area contributed by atoms with Crippen molar-refractivity contribution in [1.82, 2.24) is 9.97 Å². The van der Waals surface area contributed by atoms with Gasteiger partial charge in [-0.05, 0) is 53.6 Å². The lowest BCUT2D eigenvalue weighted by Gasteiger charge is -2.22. The fourth-order valence-corrected chi connectivity index (χ4v) is 5.71. The molecule has 1 N–H and O–H groups in total. The van der Waals surface area contributed by atoms with E-state index >= 15 is 0 Å². The van der Waals surface area contributed by atoms with Gasteiger partial charge in [-0.1, -0.05) is 65.4 Å². The van der Waals surface area contributed by atoms with Crippen LogP contribution in [0.1, 0.15) is 22.9 Å². The van der Waals surface area contributed by atoms with E-state index in [0.29, 0.717) is 26.9 Å². The van der Waals surface area contributed by atoms with Crippen LogP contribution in [0.25, 0.3) is 26.7 Å². The van der Waals surface area contributed by atoms with E-state index in [0.717, 1.165) is 21.0 Å². The van der Waals surface area contributed by atoms with Gasteiger partial charge in [0.15, 0.2) is 5.13 Å². The molecule has 1 amide bonds. The fourth-order valence-electron chi connectivity index (χ4n) is 4.48. The Hall–Kier alpha value is -4.07. The van der Waals surface area contributed by atoms with E-state index in [4.69, 9.17) is 11.6 Å². The number of rotatable bonds is 3. The van der Waals surface area contributed by atoms with Gasteiger partial charge in [-0.2, -0.15) is 0 Å². The molecule has 36 heavy (non-hydrogen) atoms. The molecule has 1 saturated heterocycles. The second-order valence-corrected chi connectivity index (χ2v) is 9.97. The van der Waals surface area contributed by atoms with Crippen LogP contribution < -0.4 is 4.90 Å². The smallest absolute Gasteiger partial charge is 0.301 e. The Morgan fingerprint density at radius 1 is 1.00 bits per heavy atom. The number of halogens is 1. The van der Waals surface area contributed by atoms with Crippen molar-refractivity contribution in [2.45, 2.75) is 13.0 Å². The summed E-state index contributed by atoms with van der Waals surface area (Å²) in [7, 11) is 0. The van der Waals surface area contributed by atoms with Crippen LogP contribution in [0, 0.1) is 6.92 Å². The maximum Gasteiger partial charge on any atom is 0.301 e. The van der Waals surface area contributed by atoms with E-state index in [2.05, 4.69) is 9.97 Å². The standard InChI is InChI=1S/C28H18ClN3O3S/c1-15-12-22-21(14-19(15)29)31-28(36-22)32-24(20-8-4-5-11-30-20)23(26(34)27(32)35)25(33)18-10-9-16-6-2-3-7-17(16)13-18/h2-14,24,33H,1H3/b25-23+. The first-order valence-electron chi connectivity index (χ1n) is 11.2. The van der Waals surface area contributed by atoms with Crippen LogP contribution in [0.5, 0.6) is 0 Å². The van der Waals surface area contributed by atoms with Gasteiger partial charge in [-0.25, -0.2) is 4.98 Å². The van der Waals surface area contributed by atoms with E-state index in [-0.39, 0.29) is 11.3 Å². The molecule has 1 aliphatic rings. The third-order valence-electron chi connectivity index (χ3n) is 6.30.